The van der Waals surface area contributed by atoms with Crippen LogP contribution >= 0.6 is 0 Å². The maximum Gasteiger partial charge on any atom is 0.278 e. The van der Waals surface area contributed by atoms with Crippen LogP contribution in [0, 0.1) is 6.92 Å². The molecule has 5 rings (SSSR count). The van der Waals surface area contributed by atoms with Crippen molar-refractivity contribution in [2.24, 2.45) is 0 Å². The first kappa shape index (κ1) is 13.5. The highest BCUT2D eigenvalue weighted by Gasteiger charge is 2.28. The Morgan fingerprint density at radius 3 is 3.08 bits per heavy atom. The van der Waals surface area contributed by atoms with Crippen LogP contribution in [0.25, 0.3) is 21.9 Å². The molecule has 24 heavy (non-hydrogen) atoms. The number of nitrogens with zero attached hydrogens (tertiary/aromatic N) is 4. The summed E-state index contributed by atoms with van der Waals surface area (Å²) in [4.78, 5) is 24.7. The minimum Gasteiger partial charge on any atom is -0.349 e. The number of aromatic nitrogens is 5. The second-order valence-corrected chi connectivity index (χ2v) is 6.40. The van der Waals surface area contributed by atoms with Gasteiger partial charge >= 0.3 is 0 Å². The van der Waals surface area contributed by atoms with Crippen LogP contribution in [0.2, 0.25) is 0 Å². The Morgan fingerprint density at radius 1 is 1.38 bits per heavy atom. The Balaban J connectivity index is 1.59. The lowest BCUT2D eigenvalue weighted by Crippen LogP contribution is -2.21. The van der Waals surface area contributed by atoms with Gasteiger partial charge in [0.1, 0.15) is 17.6 Å². The predicted octanol–water partition coefficient (Wildman–Crippen LogP) is 2.49. The minimum atomic E-state index is -0.139. The van der Waals surface area contributed by atoms with E-state index in [1.165, 1.54) is 4.57 Å². The molecule has 0 atom stereocenters. The van der Waals surface area contributed by atoms with Crippen molar-refractivity contribution in [3.05, 3.63) is 52.2 Å². The molecule has 3 heterocycles. The van der Waals surface area contributed by atoms with Gasteiger partial charge in [-0.3, -0.25) is 9.36 Å². The fourth-order valence-corrected chi connectivity index (χ4v) is 3.00. The van der Waals surface area contributed by atoms with Gasteiger partial charge in [-0.1, -0.05) is 16.8 Å². The van der Waals surface area contributed by atoms with E-state index >= 15 is 0 Å². The number of aromatic amines is 1. The first-order chi connectivity index (χ1) is 11.7. The zero-order valence-electron chi connectivity index (χ0n) is 13.1. The normalized spacial score (nSPS) is 14.7. The summed E-state index contributed by atoms with van der Waals surface area (Å²) in [6, 6.07) is 6.01. The molecular weight excluding hydrogens is 306 g/mol. The summed E-state index contributed by atoms with van der Waals surface area (Å²) in [5, 5.41) is 4.94. The molecule has 7 nitrogen and oxygen atoms in total. The van der Waals surface area contributed by atoms with Crippen molar-refractivity contribution in [1.29, 1.82) is 0 Å². The van der Waals surface area contributed by atoms with Gasteiger partial charge in [0.05, 0.1) is 6.33 Å². The van der Waals surface area contributed by atoms with Crippen molar-refractivity contribution in [1.82, 2.24) is 24.7 Å². The molecule has 1 N–H and O–H groups in total. The van der Waals surface area contributed by atoms with Crippen LogP contribution in [0.3, 0.4) is 0 Å². The summed E-state index contributed by atoms with van der Waals surface area (Å²) in [6.07, 6.45) is 3.77. The molecule has 1 saturated carbocycles. The molecule has 1 aromatic carbocycles. The largest absolute Gasteiger partial charge is 0.349 e. The molecule has 1 aliphatic carbocycles. The monoisotopic (exact) mass is 321 g/mol. The fourth-order valence-electron chi connectivity index (χ4n) is 3.00. The van der Waals surface area contributed by atoms with Gasteiger partial charge in [0, 0.05) is 16.8 Å². The number of H-pyrrole nitrogens is 1. The molecule has 1 aliphatic rings. The van der Waals surface area contributed by atoms with E-state index in [9.17, 15) is 4.79 Å². The second-order valence-electron chi connectivity index (χ2n) is 6.40. The Labute approximate surface area is 136 Å². The first-order valence-corrected chi connectivity index (χ1v) is 7.99. The van der Waals surface area contributed by atoms with E-state index in [-0.39, 0.29) is 12.1 Å². The van der Waals surface area contributed by atoms with Gasteiger partial charge in [-0.15, -0.1) is 0 Å². The van der Waals surface area contributed by atoms with Crippen LogP contribution < -0.4 is 5.56 Å². The van der Waals surface area contributed by atoms with Crippen molar-refractivity contribution in [2.75, 3.05) is 0 Å². The number of fused-ring (bicyclic) bond motifs is 3. The molecule has 0 amide bonds. The van der Waals surface area contributed by atoms with Crippen LogP contribution in [-0.2, 0) is 6.54 Å². The molecular formula is C17H15N5O2. The summed E-state index contributed by atoms with van der Waals surface area (Å²) in [5.41, 5.74) is 3.10. The van der Waals surface area contributed by atoms with Crippen molar-refractivity contribution >= 4 is 21.9 Å². The van der Waals surface area contributed by atoms with Crippen molar-refractivity contribution in [3.63, 3.8) is 0 Å². The highest BCUT2D eigenvalue weighted by Crippen LogP contribution is 2.38. The molecule has 7 heteroatoms. The smallest absolute Gasteiger partial charge is 0.278 e. The molecule has 0 unspecified atom stereocenters. The van der Waals surface area contributed by atoms with E-state index in [0.29, 0.717) is 22.8 Å². The van der Waals surface area contributed by atoms with Crippen molar-refractivity contribution in [2.45, 2.75) is 32.2 Å². The molecule has 0 saturated heterocycles. The summed E-state index contributed by atoms with van der Waals surface area (Å²) in [5.74, 6) is 1.61. The number of hydrogen-bond donors (Lipinski definition) is 1. The molecule has 1 fully saturated rings. The summed E-state index contributed by atoms with van der Waals surface area (Å²) >= 11 is 0. The maximum atomic E-state index is 12.7. The number of hydrogen-bond acceptors (Lipinski definition) is 5. The SMILES string of the molecule is Cc1ccc2[nH]c3c(=O)n(Cc4nc(C5CC5)no4)cnc3c2c1. The fraction of sp³-hybridized carbons (Fsp3) is 0.294. The maximum absolute atomic E-state index is 12.7. The summed E-state index contributed by atoms with van der Waals surface area (Å²) in [6.45, 7) is 2.25. The number of benzene rings is 1. The van der Waals surface area contributed by atoms with E-state index in [1.54, 1.807) is 6.33 Å². The lowest BCUT2D eigenvalue weighted by atomic mass is 10.2. The van der Waals surface area contributed by atoms with Gasteiger partial charge in [0.15, 0.2) is 5.82 Å². The van der Waals surface area contributed by atoms with Crippen LogP contribution in [0.4, 0.5) is 0 Å². The van der Waals surface area contributed by atoms with E-state index in [1.807, 2.05) is 25.1 Å². The van der Waals surface area contributed by atoms with Crippen LogP contribution in [0.5, 0.6) is 0 Å². The van der Waals surface area contributed by atoms with Crippen LogP contribution in [-0.4, -0.2) is 24.7 Å². The third kappa shape index (κ3) is 2.05. The molecule has 0 radical (unpaired) electrons. The number of nitrogens with one attached hydrogen (secondary N) is 1. The third-order valence-corrected chi connectivity index (χ3v) is 4.46. The van der Waals surface area contributed by atoms with E-state index < -0.39 is 0 Å². The van der Waals surface area contributed by atoms with Crippen molar-refractivity contribution in [3.8, 4) is 0 Å². The quantitative estimate of drug-likeness (QED) is 0.626. The number of rotatable bonds is 3. The Hall–Kier alpha value is -2.96. The highest BCUT2D eigenvalue weighted by atomic mass is 16.5. The molecule has 0 bridgehead atoms. The third-order valence-electron chi connectivity index (χ3n) is 4.46. The Bertz CT molecular complexity index is 1130. The standard InChI is InChI=1S/C17H15N5O2/c1-9-2-5-12-11(6-9)14-15(19-12)17(23)22(8-18-14)7-13-20-16(21-24-13)10-3-4-10/h2,5-6,8,10,19H,3-4,7H2,1H3. The first-order valence-electron chi connectivity index (χ1n) is 7.99. The van der Waals surface area contributed by atoms with Gasteiger partial charge in [0.2, 0.25) is 5.89 Å². The van der Waals surface area contributed by atoms with Gasteiger partial charge in [0.25, 0.3) is 5.56 Å². The average Bonchev–Trinajstić information content (AvgIpc) is 3.21. The minimum absolute atomic E-state index is 0.139. The highest BCUT2D eigenvalue weighted by molar-refractivity contribution is 6.04. The Kier molecular flexibility index (Phi) is 2.68. The number of aryl methyl sites for hydroxylation is 1. The van der Waals surface area contributed by atoms with E-state index in [2.05, 4.69) is 20.1 Å². The molecule has 120 valence electrons. The average molecular weight is 321 g/mol. The molecule has 3 aromatic heterocycles. The van der Waals surface area contributed by atoms with Gasteiger partial charge in [-0.25, -0.2) is 4.98 Å². The van der Waals surface area contributed by atoms with E-state index in [4.69, 9.17) is 4.52 Å². The van der Waals surface area contributed by atoms with Crippen LogP contribution in [0.15, 0.2) is 33.8 Å². The topological polar surface area (TPSA) is 89.6 Å². The Morgan fingerprint density at radius 2 is 2.25 bits per heavy atom. The van der Waals surface area contributed by atoms with Gasteiger partial charge in [-0.2, -0.15) is 4.98 Å². The molecule has 4 aromatic rings. The zero-order valence-corrected chi connectivity index (χ0v) is 13.1. The van der Waals surface area contributed by atoms with E-state index in [0.717, 1.165) is 35.1 Å². The molecule has 0 aliphatic heterocycles. The summed E-state index contributed by atoms with van der Waals surface area (Å²) < 4.78 is 6.75. The zero-order chi connectivity index (χ0) is 16.3. The lowest BCUT2D eigenvalue weighted by Gasteiger charge is -2.01. The second kappa shape index (κ2) is 4.77. The van der Waals surface area contributed by atoms with Crippen LogP contribution in [0.1, 0.15) is 36.0 Å². The summed E-state index contributed by atoms with van der Waals surface area (Å²) in [7, 11) is 0. The van der Waals surface area contributed by atoms with Gasteiger partial charge in [-0.05, 0) is 31.9 Å². The van der Waals surface area contributed by atoms with Gasteiger partial charge < -0.3 is 9.51 Å². The lowest BCUT2D eigenvalue weighted by molar-refractivity contribution is 0.364. The van der Waals surface area contributed by atoms with Crippen molar-refractivity contribution < 1.29 is 4.52 Å². The predicted molar refractivity (Wildman–Crippen MR) is 88.0 cm³/mol. The molecule has 0 spiro atoms.